The van der Waals surface area contributed by atoms with Crippen LogP contribution in [0.15, 0.2) is 58.7 Å². The molecule has 0 saturated heterocycles. The molecule has 9 rings (SSSR count). The summed E-state index contributed by atoms with van der Waals surface area (Å²) in [5.41, 5.74) is 5.67. The number of hydrogen-bond donors (Lipinski definition) is 2. The zero-order valence-corrected chi connectivity index (χ0v) is 45.8. The first-order valence-corrected chi connectivity index (χ1v) is 29.6. The Kier molecular flexibility index (Phi) is 11.5. The molecule has 0 spiro atoms. The first-order chi connectivity index (χ1) is 27.7. The van der Waals surface area contributed by atoms with Gasteiger partial charge in [-0.3, -0.25) is 0 Å². The smallest absolute Gasteiger partial charge is 0.338 e. The minimum Gasteiger partial charge on any atom is -0.478 e. The predicted molar refractivity (Wildman–Crippen MR) is 272 cm³/mol. The maximum atomic E-state index is 13.6. The number of carbonyl (C=O) groups is 2. The maximum absolute atomic E-state index is 13.6. The molecule has 60 heavy (non-hydrogen) atoms. The topological polar surface area (TPSA) is 77.8 Å². The summed E-state index contributed by atoms with van der Waals surface area (Å²) in [5.74, 6) is -0.614. The molecule has 321 valence electrons. The second-order valence-electron chi connectivity index (χ2n) is 18.0. The Morgan fingerprint density at radius 2 is 0.550 bits per heavy atom. The van der Waals surface area contributed by atoms with Crippen molar-refractivity contribution in [3.05, 3.63) is 33.7 Å². The van der Waals surface area contributed by atoms with E-state index in [1.54, 1.807) is 94.1 Å². The van der Waals surface area contributed by atoms with Gasteiger partial charge in [0.1, 0.15) is 0 Å². The molecule has 6 heterocycles. The molecule has 0 amide bonds. The van der Waals surface area contributed by atoms with E-state index in [0.29, 0.717) is 11.1 Å². The van der Waals surface area contributed by atoms with E-state index in [9.17, 15) is 19.8 Å². The van der Waals surface area contributed by atoms with E-state index in [2.05, 4.69) is 102 Å². The number of thioether (sulfide) groups is 12. The molecular weight excluding hydrogens is 979 g/mol. The van der Waals surface area contributed by atoms with Crippen LogP contribution in [0, 0.1) is 5.92 Å². The highest BCUT2D eigenvalue weighted by Crippen LogP contribution is 2.75. The van der Waals surface area contributed by atoms with Gasteiger partial charge in [0.25, 0.3) is 0 Å². The maximum Gasteiger partial charge on any atom is 0.338 e. The van der Waals surface area contributed by atoms with Crippen LogP contribution in [0.1, 0.15) is 134 Å². The van der Waals surface area contributed by atoms with Gasteiger partial charge >= 0.3 is 11.9 Å². The average molecular weight is 1030 g/mol. The molecule has 5 nitrogen and oxygen atoms in total. The van der Waals surface area contributed by atoms with Crippen LogP contribution in [-0.4, -0.2) is 59.7 Å². The van der Waals surface area contributed by atoms with Crippen molar-refractivity contribution in [2.45, 2.75) is 180 Å². The molecular formula is C43H48NO4S12. The summed E-state index contributed by atoms with van der Waals surface area (Å²) in [5, 5.41) is 22.3. The summed E-state index contributed by atoms with van der Waals surface area (Å²) in [6.07, 6.45) is 0. The SMILES string of the molecule is CCN(CC)c1c2c(c([C](c3c4c(c(C(=O)O)c5c3SC(C)(C)S5)SC(C)(C)S4)c3c4c(c(C(=O)O)c5c3SC(C)(C)S5)SC(C)(C)S4)c3c1SC(C)(C)S3)SC(C)(C)S2. The number of fused-ring (bicyclic) bond motifs is 6. The van der Waals surface area contributed by atoms with Gasteiger partial charge in [0.05, 0.1) is 47.2 Å². The normalized spacial score (nSPS) is 22.4. The molecule has 0 saturated carbocycles. The molecule has 0 fully saturated rings. The van der Waals surface area contributed by atoms with Crippen LogP contribution in [-0.2, 0) is 0 Å². The fourth-order valence-electron chi connectivity index (χ4n) is 8.48. The molecule has 0 unspecified atom stereocenters. The summed E-state index contributed by atoms with van der Waals surface area (Å²) in [4.78, 5) is 42.5. The van der Waals surface area contributed by atoms with Gasteiger partial charge < -0.3 is 15.1 Å². The number of carboxylic acid groups (broad SMARTS) is 2. The van der Waals surface area contributed by atoms with Crippen molar-refractivity contribution in [3.63, 3.8) is 0 Å². The van der Waals surface area contributed by atoms with Gasteiger partial charge in [-0.1, -0.05) is 0 Å². The summed E-state index contributed by atoms with van der Waals surface area (Å²) >= 11 is 21.8. The lowest BCUT2D eigenvalue weighted by molar-refractivity contribution is 0.0677. The quantitative estimate of drug-likeness (QED) is 0.210. The van der Waals surface area contributed by atoms with Gasteiger partial charge in [-0.05, 0) is 114 Å². The van der Waals surface area contributed by atoms with Crippen molar-refractivity contribution < 1.29 is 19.8 Å². The van der Waals surface area contributed by atoms with E-state index in [0.717, 1.165) is 69.3 Å². The molecule has 2 N–H and O–H groups in total. The van der Waals surface area contributed by atoms with Crippen LogP contribution in [0.3, 0.4) is 0 Å². The highest BCUT2D eigenvalue weighted by Gasteiger charge is 2.53. The summed E-state index contributed by atoms with van der Waals surface area (Å²) in [7, 11) is 0. The monoisotopic (exact) mass is 1030 g/mol. The van der Waals surface area contributed by atoms with E-state index >= 15 is 0 Å². The van der Waals surface area contributed by atoms with Crippen LogP contribution >= 0.6 is 141 Å². The Morgan fingerprint density at radius 1 is 0.367 bits per heavy atom. The van der Waals surface area contributed by atoms with Crippen LogP contribution in [0.4, 0.5) is 5.69 Å². The number of carboxylic acids is 2. The third-order valence-electron chi connectivity index (χ3n) is 10.4. The molecule has 3 aromatic carbocycles. The van der Waals surface area contributed by atoms with E-state index in [-0.39, 0.29) is 24.5 Å². The van der Waals surface area contributed by atoms with E-state index in [1.807, 2.05) is 47.0 Å². The van der Waals surface area contributed by atoms with Crippen LogP contribution in [0.2, 0.25) is 0 Å². The van der Waals surface area contributed by atoms with Crippen molar-refractivity contribution in [2.24, 2.45) is 0 Å². The first-order valence-electron chi connectivity index (χ1n) is 19.8. The Labute approximate surface area is 406 Å². The minimum atomic E-state index is -0.880. The molecule has 3 aromatic rings. The molecule has 0 bridgehead atoms. The van der Waals surface area contributed by atoms with E-state index in [1.165, 1.54) is 30.8 Å². The summed E-state index contributed by atoms with van der Waals surface area (Å²) < 4.78 is -1.51. The lowest BCUT2D eigenvalue weighted by Gasteiger charge is -2.32. The molecule has 0 aliphatic carbocycles. The molecule has 0 atom stereocenters. The largest absolute Gasteiger partial charge is 0.478 e. The Morgan fingerprint density at radius 3 is 0.750 bits per heavy atom. The van der Waals surface area contributed by atoms with Crippen molar-refractivity contribution >= 4 is 159 Å². The molecule has 6 aliphatic heterocycles. The van der Waals surface area contributed by atoms with Crippen LogP contribution in [0.25, 0.3) is 0 Å². The average Bonchev–Trinajstić information content (AvgIpc) is 3.90. The van der Waals surface area contributed by atoms with Crippen molar-refractivity contribution in [1.29, 1.82) is 0 Å². The standard InChI is InChI=1S/C43H48NO4S12/c1-15-44(16-2)23-34-28(53-42(11,12)59-34)20(29-35(23)60-43(13,14)54-29)17(18-24-30(55-38(3,4)49-24)21(36(45)46)31-25(18)50-39(5,6)56-31)19-26-32(57-40(7,8)51-26)22(37(47)48)33-27(19)52-41(9,10)58-33/h15-16H2,1-14H3,(H,45,46)(H,47,48). The fraction of sp³-hybridized carbons (Fsp3) is 0.512. The van der Waals surface area contributed by atoms with Crippen molar-refractivity contribution in [1.82, 2.24) is 0 Å². The highest BCUT2D eigenvalue weighted by molar-refractivity contribution is 8.23. The summed E-state index contributed by atoms with van der Waals surface area (Å²) in [6, 6.07) is 0. The van der Waals surface area contributed by atoms with Crippen molar-refractivity contribution in [3.8, 4) is 0 Å². The molecule has 17 heteroatoms. The number of benzene rings is 3. The second-order valence-corrected chi connectivity index (χ2v) is 39.1. The zero-order valence-electron chi connectivity index (χ0n) is 36.0. The zero-order chi connectivity index (χ0) is 43.6. The van der Waals surface area contributed by atoms with Gasteiger partial charge in [0.2, 0.25) is 0 Å². The van der Waals surface area contributed by atoms with Crippen LogP contribution < -0.4 is 4.90 Å². The van der Waals surface area contributed by atoms with Gasteiger partial charge in [-0.15, -0.1) is 141 Å². The third kappa shape index (κ3) is 7.54. The second kappa shape index (κ2) is 15.1. The minimum absolute atomic E-state index is 0.142. The number of nitrogens with zero attached hydrogens (tertiary/aromatic N) is 1. The Hall–Kier alpha value is 0.600. The van der Waals surface area contributed by atoms with Gasteiger partial charge in [-0.25, -0.2) is 9.59 Å². The number of anilines is 1. The Balaban J connectivity index is 1.53. The van der Waals surface area contributed by atoms with E-state index in [4.69, 9.17) is 0 Å². The van der Waals surface area contributed by atoms with Crippen LogP contribution in [0.5, 0.6) is 0 Å². The first kappa shape index (κ1) is 45.7. The lowest BCUT2D eigenvalue weighted by Crippen LogP contribution is -2.24. The number of rotatable bonds is 8. The number of aromatic carboxylic acids is 2. The lowest BCUT2D eigenvalue weighted by atomic mass is 9.83. The van der Waals surface area contributed by atoms with Gasteiger partial charge in [0, 0.05) is 71.8 Å². The Bertz CT molecular complexity index is 2220. The molecule has 1 radical (unpaired) electrons. The van der Waals surface area contributed by atoms with Crippen molar-refractivity contribution in [2.75, 3.05) is 18.0 Å². The van der Waals surface area contributed by atoms with E-state index < -0.39 is 11.9 Å². The highest BCUT2D eigenvalue weighted by atomic mass is 32.2. The molecule has 6 aliphatic rings. The van der Waals surface area contributed by atoms with Gasteiger partial charge in [-0.2, -0.15) is 0 Å². The van der Waals surface area contributed by atoms with Gasteiger partial charge in [0.15, 0.2) is 0 Å². The fourth-order valence-corrected chi connectivity index (χ4v) is 26.2. The predicted octanol–water partition coefficient (Wildman–Crippen LogP) is 16.6. The third-order valence-corrected chi connectivity index (χ3v) is 27.4. The number of hydrogen-bond acceptors (Lipinski definition) is 15. The molecule has 0 aromatic heterocycles. The summed E-state index contributed by atoms with van der Waals surface area (Å²) in [6.45, 7) is 33.4.